The molecule has 0 saturated heterocycles. The summed E-state index contributed by atoms with van der Waals surface area (Å²) in [4.78, 5) is 0. The predicted octanol–water partition coefficient (Wildman–Crippen LogP) is 9.91. The van der Waals surface area contributed by atoms with E-state index in [1.807, 2.05) is 48.5 Å². The van der Waals surface area contributed by atoms with Crippen molar-refractivity contribution in [3.63, 3.8) is 0 Å². The van der Waals surface area contributed by atoms with Gasteiger partial charge in [-0.3, -0.25) is 0 Å². The zero-order valence-corrected chi connectivity index (χ0v) is 55.2. The van der Waals surface area contributed by atoms with Gasteiger partial charge in [0.05, 0.1) is 25.3 Å². The molecule has 82 heavy (non-hydrogen) atoms. The Balaban J connectivity index is 0.000000246. The zero-order valence-electron chi connectivity index (χ0n) is 50.0. The van der Waals surface area contributed by atoms with Crippen LogP contribution < -0.4 is 67.0 Å². The van der Waals surface area contributed by atoms with E-state index < -0.39 is 11.1 Å². The van der Waals surface area contributed by atoms with Crippen molar-refractivity contribution < 1.29 is 53.8 Å². The molecule has 0 bridgehead atoms. The van der Waals surface area contributed by atoms with Gasteiger partial charge in [0.15, 0.2) is 0 Å². The fourth-order valence-corrected chi connectivity index (χ4v) is 14.8. The van der Waals surface area contributed by atoms with Crippen molar-refractivity contribution in [3.05, 3.63) is 260 Å². The fourth-order valence-electron chi connectivity index (χ4n) is 11.6. The molecule has 10 aromatic carbocycles. The molecule has 10 rings (SSSR count). The summed E-state index contributed by atoms with van der Waals surface area (Å²) >= 11 is 0. The van der Waals surface area contributed by atoms with Crippen LogP contribution in [-0.4, -0.2) is 14.2 Å². The molecule has 2 atom stereocenters. The maximum absolute atomic E-state index is 7.82. The largest absolute Gasteiger partial charge is 3.00 e. The second kappa shape index (κ2) is 29.2. The molecule has 1 radical (unpaired) electrons. The van der Waals surface area contributed by atoms with Crippen LogP contribution in [0.5, 0.6) is 11.5 Å². The topological polar surface area (TPSA) is 70.5 Å². The van der Waals surface area contributed by atoms with Gasteiger partial charge < -0.3 is 45.8 Å². The Morgan fingerprint density at radius 1 is 0.439 bits per heavy atom. The molecule has 1 unspecified atom stereocenters. The van der Waals surface area contributed by atoms with E-state index in [1.54, 1.807) is 14.2 Å². The quantitative estimate of drug-likeness (QED) is 0.0727. The first-order valence-corrected chi connectivity index (χ1v) is 29.4. The van der Waals surface area contributed by atoms with Crippen LogP contribution in [-0.2, 0) is 30.6 Å². The zero-order chi connectivity index (χ0) is 56.8. The third-order valence-electron chi connectivity index (χ3n) is 15.1. The van der Waals surface area contributed by atoms with Gasteiger partial charge in [0, 0.05) is 0 Å². The first kappa shape index (κ1) is 67.1. The number of hydrogen-bond donors (Lipinski definition) is 2. The van der Waals surface area contributed by atoms with Gasteiger partial charge in [-0.1, -0.05) is 229 Å². The van der Waals surface area contributed by atoms with Crippen LogP contribution in [0.2, 0.25) is 0 Å². The third kappa shape index (κ3) is 15.3. The number of benzene rings is 10. The molecular formula is C73H79Cl2N2O2P2Ru. The summed E-state index contributed by atoms with van der Waals surface area (Å²) < 4.78 is 11.0. The van der Waals surface area contributed by atoms with E-state index in [1.165, 1.54) is 98.4 Å². The summed E-state index contributed by atoms with van der Waals surface area (Å²) in [6, 6.07) is 68.6. The van der Waals surface area contributed by atoms with Crippen molar-refractivity contribution in [1.82, 2.24) is 0 Å². The molecule has 0 amide bonds. The van der Waals surface area contributed by atoms with Crippen molar-refractivity contribution in [3.8, 4) is 22.6 Å². The predicted molar refractivity (Wildman–Crippen MR) is 346 cm³/mol. The Morgan fingerprint density at radius 2 is 0.854 bits per heavy atom. The summed E-state index contributed by atoms with van der Waals surface area (Å²) in [7, 11) is 4.49. The molecule has 0 spiro atoms. The van der Waals surface area contributed by atoms with Crippen LogP contribution in [0.3, 0.4) is 0 Å². The SMILES string of the molecule is COc1ccc(C(N)(c2ccc(OC)cc2)[C@@](N)(c2c(C)cc(C)cc2Pc2[c-]c(C)cc(C)c2)C(C)C)cc1.Cc1cc(C)cc(Pc2cc(C)cc(C)c2)c1.Cc1ccc2c(-c3cccc4cc(C)ccc34)cccc2c1.[Cl-].[Cl-].[Ru+3]. The van der Waals surface area contributed by atoms with E-state index in [9.17, 15) is 0 Å². The summed E-state index contributed by atoms with van der Waals surface area (Å²) in [6.07, 6.45) is 0. The van der Waals surface area contributed by atoms with E-state index in [4.69, 9.17) is 20.9 Å². The Kier molecular flexibility index (Phi) is 23.9. The molecule has 0 fully saturated rings. The molecule has 10 aromatic rings. The molecule has 425 valence electrons. The van der Waals surface area contributed by atoms with Crippen molar-refractivity contribution in [2.24, 2.45) is 17.4 Å². The number of methoxy groups -OCH3 is 2. The number of nitrogens with two attached hydrogens (primary N) is 2. The number of aryl methyl sites for hydroxylation is 10. The number of halogens is 2. The second-order valence-electron chi connectivity index (χ2n) is 22.1. The molecule has 0 aliphatic heterocycles. The first-order chi connectivity index (χ1) is 37.7. The van der Waals surface area contributed by atoms with E-state index in [2.05, 4.69) is 223 Å². The van der Waals surface area contributed by atoms with Crippen LogP contribution in [0.15, 0.2) is 182 Å². The van der Waals surface area contributed by atoms with E-state index >= 15 is 0 Å². The van der Waals surface area contributed by atoms with Crippen LogP contribution in [0.25, 0.3) is 32.7 Å². The first-order valence-electron chi connectivity index (χ1n) is 27.4. The van der Waals surface area contributed by atoms with Crippen molar-refractivity contribution in [1.29, 1.82) is 0 Å². The van der Waals surface area contributed by atoms with Crippen LogP contribution in [0.1, 0.15) is 86.2 Å². The van der Waals surface area contributed by atoms with Gasteiger partial charge in [-0.25, -0.2) is 0 Å². The number of rotatable bonds is 12. The fraction of sp³-hybridized carbons (Fsp3) is 0.233. The molecule has 4 N–H and O–H groups in total. The minimum Gasteiger partial charge on any atom is -1.00 e. The van der Waals surface area contributed by atoms with Gasteiger partial charge in [0.2, 0.25) is 0 Å². The minimum atomic E-state index is -1.08. The maximum Gasteiger partial charge on any atom is 3.00 e. The van der Waals surface area contributed by atoms with E-state index in [0.717, 1.165) is 47.9 Å². The van der Waals surface area contributed by atoms with Gasteiger partial charge in [0.1, 0.15) is 11.5 Å². The molecule has 0 aliphatic carbocycles. The molecule has 4 nitrogen and oxygen atoms in total. The number of ether oxygens (including phenoxy) is 2. The van der Waals surface area contributed by atoms with Gasteiger partial charge in [0.25, 0.3) is 0 Å². The van der Waals surface area contributed by atoms with Crippen LogP contribution in [0.4, 0.5) is 0 Å². The van der Waals surface area contributed by atoms with Crippen molar-refractivity contribution in [2.45, 2.75) is 94.2 Å². The molecular weight excluding hydrogens is 1170 g/mol. The molecule has 0 aromatic heterocycles. The third-order valence-corrected chi connectivity index (χ3v) is 17.4. The van der Waals surface area contributed by atoms with Gasteiger partial charge >= 0.3 is 19.5 Å². The molecule has 0 saturated carbocycles. The second-order valence-corrected chi connectivity index (χ2v) is 24.8. The van der Waals surface area contributed by atoms with Gasteiger partial charge in [-0.2, -0.15) is 29.3 Å². The normalized spacial score (nSPS) is 11.8. The monoisotopic (exact) mass is 1250 g/mol. The Hall–Kier alpha value is -5.70. The summed E-state index contributed by atoms with van der Waals surface area (Å²) in [5, 5.41) is 10.5. The smallest absolute Gasteiger partial charge is 1.00 e. The number of fused-ring (bicyclic) bond motifs is 2. The van der Waals surface area contributed by atoms with Crippen LogP contribution in [0, 0.1) is 81.2 Å². The minimum absolute atomic E-state index is 0. The van der Waals surface area contributed by atoms with Crippen molar-refractivity contribution >= 4 is 59.9 Å². The standard InChI is InChI=1S/C35H42N2O2P.C22H18.C16H19P.2ClH.Ru/c1-22(2)34(36,33-26(6)18-25(5)21-32(33)40-31-19-23(3)17-24(4)20-31)35(37,27-9-13-29(38-7)14-10-27)28-11-15-30(39-8)16-12-28;1-15-9-11-19-17(13-15)5-3-7-21(19)22-8-4-6-18-14-16(2)10-12-20(18)22;1-11-5-12(2)8-15(7-11)17-16-9-13(3)6-14(4)10-16;;;/h9-19,21-22,40H,36-37H2,1-8H3;3-14H,1-2H3;5-10,17H,1-4H3;2*1H;/q-1;;;;;+3/p-2/t34-;;;;;/m0...../s1. The summed E-state index contributed by atoms with van der Waals surface area (Å²) in [5.41, 5.74) is 31.8. The summed E-state index contributed by atoms with van der Waals surface area (Å²) in [6.45, 7) is 25.9. The van der Waals surface area contributed by atoms with E-state index in [0.29, 0.717) is 8.58 Å². The van der Waals surface area contributed by atoms with Gasteiger partial charge in [-0.05, 0) is 156 Å². The molecule has 9 heteroatoms. The average Bonchev–Trinajstić information content (AvgIpc) is 3.49. The Bertz CT molecular complexity index is 3550. The average molecular weight is 1250 g/mol. The number of hydrogen-bond acceptors (Lipinski definition) is 4. The Morgan fingerprint density at radius 3 is 1.26 bits per heavy atom. The molecule has 0 aliphatic rings. The summed E-state index contributed by atoms with van der Waals surface area (Å²) in [5.74, 6) is 1.52. The van der Waals surface area contributed by atoms with Gasteiger partial charge in [-0.15, -0.1) is 5.30 Å². The van der Waals surface area contributed by atoms with Crippen molar-refractivity contribution in [2.75, 3.05) is 14.2 Å². The van der Waals surface area contributed by atoms with E-state index in [-0.39, 0.29) is 50.2 Å². The Labute approximate surface area is 518 Å². The van der Waals surface area contributed by atoms with Crippen LogP contribution >= 0.6 is 17.2 Å². The molecule has 0 heterocycles. The maximum atomic E-state index is 7.82.